The van der Waals surface area contributed by atoms with Crippen molar-refractivity contribution < 1.29 is 13.9 Å². The van der Waals surface area contributed by atoms with Crippen LogP contribution in [0.3, 0.4) is 0 Å². The Hall–Kier alpha value is -3.21. The summed E-state index contributed by atoms with van der Waals surface area (Å²) < 4.78 is 16.9. The van der Waals surface area contributed by atoms with Crippen LogP contribution in [0.4, 0.5) is 17.6 Å². The Balaban J connectivity index is 1.26. The number of anilines is 3. The third-order valence-corrected chi connectivity index (χ3v) is 5.98. The molecule has 0 bridgehead atoms. The number of furan rings is 1. The fraction of sp³-hybridized carbons (Fsp3) is 0.375. The van der Waals surface area contributed by atoms with Gasteiger partial charge in [0, 0.05) is 37.8 Å². The Labute approximate surface area is 204 Å². The molecule has 9 nitrogen and oxygen atoms in total. The van der Waals surface area contributed by atoms with Crippen LogP contribution < -0.4 is 20.4 Å². The number of hydrogen-bond acceptors (Lipinski definition) is 8. The van der Waals surface area contributed by atoms with Crippen molar-refractivity contribution in [2.75, 3.05) is 67.7 Å². The summed E-state index contributed by atoms with van der Waals surface area (Å²) in [5.41, 5.74) is 1.04. The standard InChI is InChI=1S/C24H28N6O3S/c34-24(25-17-19-6-7-20(33-19)18-4-2-1-3-5-18)28-23-26-21(29-8-12-31-13-9-29)16-22(27-23)30-10-14-32-15-11-30/h1-7,16H,8-15,17H2,(H2,25,26,27,28,34). The van der Waals surface area contributed by atoms with Crippen LogP contribution in [0.5, 0.6) is 0 Å². The molecule has 1 aromatic carbocycles. The van der Waals surface area contributed by atoms with Gasteiger partial charge in [0.1, 0.15) is 23.2 Å². The predicted molar refractivity (Wildman–Crippen MR) is 135 cm³/mol. The highest BCUT2D eigenvalue weighted by atomic mass is 32.1. The zero-order valence-electron chi connectivity index (χ0n) is 18.9. The van der Waals surface area contributed by atoms with Crippen molar-refractivity contribution in [2.24, 2.45) is 0 Å². The van der Waals surface area contributed by atoms with Crippen LogP contribution in [0.25, 0.3) is 11.3 Å². The summed E-state index contributed by atoms with van der Waals surface area (Å²) >= 11 is 5.52. The number of ether oxygens (including phenoxy) is 2. The molecule has 2 aliphatic rings. The van der Waals surface area contributed by atoms with Crippen LogP contribution in [-0.4, -0.2) is 67.7 Å². The lowest BCUT2D eigenvalue weighted by Gasteiger charge is -2.31. The maximum atomic E-state index is 5.95. The lowest BCUT2D eigenvalue weighted by molar-refractivity contribution is 0.122. The van der Waals surface area contributed by atoms with Gasteiger partial charge in [0.05, 0.1) is 33.0 Å². The monoisotopic (exact) mass is 480 g/mol. The molecule has 2 fully saturated rings. The average Bonchev–Trinajstić information content (AvgIpc) is 3.38. The second-order valence-electron chi connectivity index (χ2n) is 8.05. The van der Waals surface area contributed by atoms with Gasteiger partial charge in [0.2, 0.25) is 5.95 Å². The number of thiocarbonyl (C=S) groups is 1. The maximum absolute atomic E-state index is 5.95. The van der Waals surface area contributed by atoms with E-state index in [4.69, 9.17) is 36.1 Å². The second-order valence-corrected chi connectivity index (χ2v) is 8.45. The molecule has 0 aliphatic carbocycles. The van der Waals surface area contributed by atoms with Crippen LogP contribution in [0.1, 0.15) is 5.76 Å². The first-order valence-corrected chi connectivity index (χ1v) is 11.9. The predicted octanol–water partition coefficient (Wildman–Crippen LogP) is 2.90. The largest absolute Gasteiger partial charge is 0.459 e. The van der Waals surface area contributed by atoms with Crippen molar-refractivity contribution >= 4 is 34.9 Å². The Morgan fingerprint density at radius 3 is 2.09 bits per heavy atom. The molecule has 0 unspecified atom stereocenters. The summed E-state index contributed by atoms with van der Waals surface area (Å²) in [5, 5.41) is 6.77. The molecular weight excluding hydrogens is 452 g/mol. The molecule has 2 aromatic heterocycles. The second kappa shape index (κ2) is 10.8. The summed E-state index contributed by atoms with van der Waals surface area (Å²) in [4.78, 5) is 13.9. The van der Waals surface area contributed by atoms with Crippen molar-refractivity contribution in [3.8, 4) is 11.3 Å². The van der Waals surface area contributed by atoms with E-state index in [0.717, 1.165) is 54.9 Å². The number of benzene rings is 1. The fourth-order valence-electron chi connectivity index (χ4n) is 3.93. The summed E-state index contributed by atoms with van der Waals surface area (Å²) in [6.45, 7) is 6.39. The normalized spacial score (nSPS) is 16.4. The quantitative estimate of drug-likeness (QED) is 0.514. The molecule has 10 heteroatoms. The zero-order valence-corrected chi connectivity index (χ0v) is 19.7. The minimum atomic E-state index is 0.435. The first-order valence-electron chi connectivity index (χ1n) is 11.5. The van der Waals surface area contributed by atoms with E-state index < -0.39 is 0 Å². The highest BCUT2D eigenvalue weighted by molar-refractivity contribution is 7.80. The fourth-order valence-corrected chi connectivity index (χ4v) is 4.09. The van der Waals surface area contributed by atoms with Crippen molar-refractivity contribution in [1.29, 1.82) is 0 Å². The SMILES string of the molecule is S=C(NCc1ccc(-c2ccccc2)o1)Nc1nc(N2CCOCC2)cc(N2CCOCC2)n1. The van der Waals surface area contributed by atoms with Crippen molar-refractivity contribution in [1.82, 2.24) is 15.3 Å². The van der Waals surface area contributed by atoms with E-state index in [-0.39, 0.29) is 0 Å². The van der Waals surface area contributed by atoms with E-state index in [1.54, 1.807) is 0 Å². The van der Waals surface area contributed by atoms with Crippen molar-refractivity contribution in [3.05, 3.63) is 54.3 Å². The maximum Gasteiger partial charge on any atom is 0.232 e. The molecule has 3 aromatic rings. The molecule has 2 N–H and O–H groups in total. The zero-order chi connectivity index (χ0) is 23.2. The van der Waals surface area contributed by atoms with Crippen LogP contribution in [0.2, 0.25) is 0 Å². The van der Waals surface area contributed by atoms with E-state index >= 15 is 0 Å². The van der Waals surface area contributed by atoms with Gasteiger partial charge >= 0.3 is 0 Å². The molecule has 0 radical (unpaired) electrons. The summed E-state index contributed by atoms with van der Waals surface area (Å²) in [7, 11) is 0. The van der Waals surface area contributed by atoms with Crippen LogP contribution in [-0.2, 0) is 16.0 Å². The molecule has 2 aliphatic heterocycles. The summed E-state index contributed by atoms with van der Waals surface area (Å²) in [5.74, 6) is 3.81. The van der Waals surface area contributed by atoms with E-state index in [9.17, 15) is 0 Å². The molecule has 178 valence electrons. The van der Waals surface area contributed by atoms with Gasteiger partial charge in [0.25, 0.3) is 0 Å². The number of rotatable bonds is 6. The van der Waals surface area contributed by atoms with Crippen LogP contribution in [0.15, 0.2) is 52.9 Å². The highest BCUT2D eigenvalue weighted by Crippen LogP contribution is 2.24. The Morgan fingerprint density at radius 2 is 1.47 bits per heavy atom. The number of nitrogens with zero attached hydrogens (tertiary/aromatic N) is 4. The number of aromatic nitrogens is 2. The first-order chi connectivity index (χ1) is 16.7. The number of morpholine rings is 2. The molecular formula is C24H28N6O3S. The first kappa shape index (κ1) is 22.6. The molecule has 2 saturated heterocycles. The van der Waals surface area contributed by atoms with Gasteiger partial charge in [-0.3, -0.25) is 0 Å². The van der Waals surface area contributed by atoms with Gasteiger partial charge in [0.15, 0.2) is 5.11 Å². The average molecular weight is 481 g/mol. The Bertz CT molecular complexity index is 1060. The number of hydrogen-bond donors (Lipinski definition) is 2. The smallest absolute Gasteiger partial charge is 0.232 e. The summed E-state index contributed by atoms with van der Waals surface area (Å²) in [6, 6.07) is 16.0. The van der Waals surface area contributed by atoms with E-state index in [1.807, 2.05) is 48.5 Å². The minimum absolute atomic E-state index is 0.435. The molecule has 5 rings (SSSR count). The van der Waals surface area contributed by atoms with E-state index in [0.29, 0.717) is 44.0 Å². The molecule has 34 heavy (non-hydrogen) atoms. The molecule has 0 amide bonds. The van der Waals surface area contributed by atoms with Crippen molar-refractivity contribution in [3.63, 3.8) is 0 Å². The van der Waals surface area contributed by atoms with Crippen LogP contribution >= 0.6 is 12.2 Å². The molecule has 4 heterocycles. The van der Waals surface area contributed by atoms with Gasteiger partial charge in [-0.15, -0.1) is 0 Å². The molecule has 0 spiro atoms. The Morgan fingerprint density at radius 1 is 0.853 bits per heavy atom. The van der Waals surface area contributed by atoms with Gasteiger partial charge in [-0.05, 0) is 24.4 Å². The van der Waals surface area contributed by atoms with Gasteiger partial charge in [-0.25, -0.2) is 0 Å². The summed E-state index contributed by atoms with van der Waals surface area (Å²) in [6.07, 6.45) is 0. The van der Waals surface area contributed by atoms with Gasteiger partial charge in [-0.2, -0.15) is 9.97 Å². The van der Waals surface area contributed by atoms with Gasteiger partial charge in [-0.1, -0.05) is 30.3 Å². The minimum Gasteiger partial charge on any atom is -0.459 e. The lowest BCUT2D eigenvalue weighted by Crippen LogP contribution is -2.39. The topological polar surface area (TPSA) is 87.9 Å². The highest BCUT2D eigenvalue weighted by Gasteiger charge is 2.19. The molecule has 0 atom stereocenters. The van der Waals surface area contributed by atoms with Gasteiger partial charge < -0.3 is 34.3 Å². The van der Waals surface area contributed by atoms with E-state index in [1.165, 1.54) is 0 Å². The van der Waals surface area contributed by atoms with E-state index in [2.05, 4.69) is 20.4 Å². The van der Waals surface area contributed by atoms with Crippen molar-refractivity contribution in [2.45, 2.75) is 6.54 Å². The molecule has 0 saturated carbocycles. The third-order valence-electron chi connectivity index (χ3n) is 5.74. The Kier molecular flexibility index (Phi) is 7.18. The number of nitrogens with one attached hydrogen (secondary N) is 2. The third kappa shape index (κ3) is 5.64. The lowest BCUT2D eigenvalue weighted by atomic mass is 10.2. The van der Waals surface area contributed by atoms with Crippen LogP contribution in [0, 0.1) is 0 Å².